The number of aromatic amines is 1. The van der Waals surface area contributed by atoms with E-state index < -0.39 is 0 Å². The lowest BCUT2D eigenvalue weighted by molar-refractivity contribution is 0.0958. The Bertz CT molecular complexity index is 1060. The topological polar surface area (TPSA) is 87.7 Å². The van der Waals surface area contributed by atoms with E-state index in [1.807, 2.05) is 31.3 Å². The number of carbonyl (C=O) groups is 2. The van der Waals surface area contributed by atoms with Crippen molar-refractivity contribution in [3.05, 3.63) is 59.2 Å². The molecular weight excluding hydrogens is 352 g/mol. The van der Waals surface area contributed by atoms with E-state index in [0.29, 0.717) is 29.5 Å². The van der Waals surface area contributed by atoms with E-state index in [4.69, 9.17) is 0 Å². The SMILES string of the molecule is CNC(=O)c1cc(C(=O)C[C@H]2C[C@@H]2C)cc([C@H](C)c2ccnc3[nH]ccc23)n1. The van der Waals surface area contributed by atoms with Crippen molar-refractivity contribution in [3.8, 4) is 0 Å². The summed E-state index contributed by atoms with van der Waals surface area (Å²) in [6.45, 7) is 4.20. The molecule has 1 saturated carbocycles. The number of aromatic nitrogens is 3. The molecular formula is C22H24N4O2. The molecule has 1 fully saturated rings. The van der Waals surface area contributed by atoms with Crippen LogP contribution in [-0.4, -0.2) is 33.7 Å². The van der Waals surface area contributed by atoms with Gasteiger partial charge in [-0.2, -0.15) is 0 Å². The van der Waals surface area contributed by atoms with Crippen molar-refractivity contribution in [2.45, 2.75) is 32.6 Å². The van der Waals surface area contributed by atoms with E-state index in [9.17, 15) is 9.59 Å². The van der Waals surface area contributed by atoms with Gasteiger partial charge in [-0.1, -0.05) is 13.8 Å². The summed E-state index contributed by atoms with van der Waals surface area (Å²) in [5.74, 6) is 0.782. The van der Waals surface area contributed by atoms with E-state index >= 15 is 0 Å². The monoisotopic (exact) mass is 376 g/mol. The number of hydrogen-bond acceptors (Lipinski definition) is 4. The number of rotatable bonds is 6. The summed E-state index contributed by atoms with van der Waals surface area (Å²) < 4.78 is 0. The highest BCUT2D eigenvalue weighted by Crippen LogP contribution is 2.41. The Morgan fingerprint density at radius 1 is 1.32 bits per heavy atom. The van der Waals surface area contributed by atoms with Crippen LogP contribution in [0.15, 0.2) is 36.7 Å². The van der Waals surface area contributed by atoms with Gasteiger partial charge >= 0.3 is 0 Å². The Balaban J connectivity index is 1.74. The lowest BCUT2D eigenvalue weighted by Gasteiger charge is -2.15. The van der Waals surface area contributed by atoms with Crippen LogP contribution >= 0.6 is 0 Å². The van der Waals surface area contributed by atoms with Gasteiger partial charge in [-0.3, -0.25) is 9.59 Å². The number of fused-ring (bicyclic) bond motifs is 1. The highest BCUT2D eigenvalue weighted by atomic mass is 16.1. The number of carbonyl (C=O) groups excluding carboxylic acids is 2. The van der Waals surface area contributed by atoms with Crippen molar-refractivity contribution in [1.29, 1.82) is 0 Å². The molecule has 0 saturated heterocycles. The zero-order valence-electron chi connectivity index (χ0n) is 16.3. The molecule has 0 aliphatic heterocycles. The maximum atomic E-state index is 12.8. The van der Waals surface area contributed by atoms with Gasteiger partial charge in [-0.25, -0.2) is 9.97 Å². The molecule has 0 radical (unpaired) electrons. The van der Waals surface area contributed by atoms with Gasteiger partial charge < -0.3 is 10.3 Å². The fourth-order valence-corrected chi connectivity index (χ4v) is 3.74. The Labute approximate surface area is 163 Å². The minimum Gasteiger partial charge on any atom is -0.354 e. The predicted molar refractivity (Wildman–Crippen MR) is 107 cm³/mol. The van der Waals surface area contributed by atoms with E-state index in [1.165, 1.54) is 0 Å². The quantitative estimate of drug-likeness (QED) is 0.642. The van der Waals surface area contributed by atoms with E-state index in [0.717, 1.165) is 23.0 Å². The zero-order valence-corrected chi connectivity index (χ0v) is 16.3. The van der Waals surface area contributed by atoms with Gasteiger partial charge in [0.1, 0.15) is 11.3 Å². The molecule has 0 unspecified atom stereocenters. The number of Topliss-reactive ketones (excluding diaryl/α,β-unsaturated/α-hetero) is 1. The van der Waals surface area contributed by atoms with Crippen LogP contribution in [0.2, 0.25) is 0 Å². The summed E-state index contributed by atoms with van der Waals surface area (Å²) >= 11 is 0. The summed E-state index contributed by atoms with van der Waals surface area (Å²) in [5, 5.41) is 3.63. The molecule has 1 aliphatic rings. The molecule has 6 nitrogen and oxygen atoms in total. The van der Waals surface area contributed by atoms with Gasteiger partial charge in [0, 0.05) is 48.4 Å². The van der Waals surface area contributed by atoms with Crippen molar-refractivity contribution >= 4 is 22.7 Å². The fraction of sp³-hybridized carbons (Fsp3) is 0.364. The molecule has 0 spiro atoms. The summed E-state index contributed by atoms with van der Waals surface area (Å²) in [4.78, 5) is 37.1. The van der Waals surface area contributed by atoms with E-state index in [1.54, 1.807) is 19.3 Å². The molecule has 28 heavy (non-hydrogen) atoms. The third-order valence-electron chi connectivity index (χ3n) is 5.75. The molecule has 3 atom stereocenters. The van der Waals surface area contributed by atoms with E-state index in [2.05, 4.69) is 27.2 Å². The minimum atomic E-state index is -0.288. The number of ketones is 1. The van der Waals surface area contributed by atoms with Crippen LogP contribution in [-0.2, 0) is 0 Å². The highest BCUT2D eigenvalue weighted by molar-refractivity contribution is 6.00. The first-order valence-corrected chi connectivity index (χ1v) is 9.67. The second-order valence-electron chi connectivity index (χ2n) is 7.71. The largest absolute Gasteiger partial charge is 0.354 e. The minimum absolute atomic E-state index is 0.0804. The van der Waals surface area contributed by atoms with Crippen LogP contribution < -0.4 is 5.32 Å². The Hall–Kier alpha value is -3.02. The van der Waals surface area contributed by atoms with Crippen LogP contribution in [0.5, 0.6) is 0 Å². The molecule has 2 N–H and O–H groups in total. The molecule has 6 heteroatoms. The number of hydrogen-bond donors (Lipinski definition) is 2. The lowest BCUT2D eigenvalue weighted by atomic mass is 9.93. The van der Waals surface area contributed by atoms with Gasteiger partial charge in [0.05, 0.1) is 0 Å². The van der Waals surface area contributed by atoms with Crippen molar-refractivity contribution in [2.24, 2.45) is 11.8 Å². The molecule has 1 amide bonds. The molecule has 144 valence electrons. The third-order valence-corrected chi connectivity index (χ3v) is 5.75. The van der Waals surface area contributed by atoms with Crippen LogP contribution in [0.4, 0.5) is 0 Å². The number of pyridine rings is 2. The first-order chi connectivity index (χ1) is 13.5. The Morgan fingerprint density at radius 3 is 2.82 bits per heavy atom. The molecule has 0 aromatic carbocycles. The first kappa shape index (κ1) is 18.3. The normalized spacial score (nSPS) is 19.4. The second-order valence-corrected chi connectivity index (χ2v) is 7.71. The average molecular weight is 376 g/mol. The van der Waals surface area contributed by atoms with Gasteiger partial charge in [-0.15, -0.1) is 0 Å². The van der Waals surface area contributed by atoms with E-state index in [-0.39, 0.29) is 23.3 Å². The summed E-state index contributed by atoms with van der Waals surface area (Å²) in [7, 11) is 1.57. The third kappa shape index (κ3) is 3.42. The smallest absolute Gasteiger partial charge is 0.269 e. The number of H-pyrrole nitrogens is 1. The standard InChI is InChI=1S/C22H24N4O2/c1-12-8-14(12)11-20(27)15-9-18(26-19(10-15)22(28)23-3)13(2)16-4-6-24-21-17(16)5-7-25-21/h4-7,9-10,12-14H,8,11H2,1-3H3,(H,23,28)(H,24,25)/t12-,13+,14+/m0/s1. The van der Waals surface area contributed by atoms with Gasteiger partial charge in [0.2, 0.25) is 0 Å². The molecule has 3 aromatic rings. The first-order valence-electron chi connectivity index (χ1n) is 9.67. The van der Waals surface area contributed by atoms with Crippen LogP contribution in [0.25, 0.3) is 11.0 Å². The summed E-state index contributed by atoms with van der Waals surface area (Å²) in [6, 6.07) is 7.40. The van der Waals surface area contributed by atoms with Gasteiger partial charge in [-0.05, 0) is 48.1 Å². The van der Waals surface area contributed by atoms with Gasteiger partial charge in [0.15, 0.2) is 5.78 Å². The second kappa shape index (κ2) is 7.19. The van der Waals surface area contributed by atoms with Gasteiger partial charge in [0.25, 0.3) is 5.91 Å². The lowest BCUT2D eigenvalue weighted by Crippen LogP contribution is -2.21. The van der Waals surface area contributed by atoms with Crippen molar-refractivity contribution in [3.63, 3.8) is 0 Å². The molecule has 3 aromatic heterocycles. The van der Waals surface area contributed by atoms with Crippen molar-refractivity contribution in [1.82, 2.24) is 20.3 Å². The van der Waals surface area contributed by atoms with Crippen LogP contribution in [0, 0.1) is 11.8 Å². The maximum Gasteiger partial charge on any atom is 0.269 e. The van der Waals surface area contributed by atoms with Crippen molar-refractivity contribution < 1.29 is 9.59 Å². The number of amides is 1. The number of nitrogens with one attached hydrogen (secondary N) is 2. The summed E-state index contributed by atoms with van der Waals surface area (Å²) in [5.41, 5.74) is 3.42. The van der Waals surface area contributed by atoms with Crippen molar-refractivity contribution in [2.75, 3.05) is 7.05 Å². The Kier molecular flexibility index (Phi) is 4.71. The molecule has 4 rings (SSSR count). The highest BCUT2D eigenvalue weighted by Gasteiger charge is 2.34. The molecule has 3 heterocycles. The maximum absolute atomic E-state index is 12.8. The van der Waals surface area contributed by atoms with Crippen LogP contribution in [0.1, 0.15) is 64.7 Å². The van der Waals surface area contributed by atoms with Crippen LogP contribution in [0.3, 0.4) is 0 Å². The Morgan fingerprint density at radius 2 is 2.11 bits per heavy atom. The zero-order chi connectivity index (χ0) is 19.8. The summed E-state index contributed by atoms with van der Waals surface area (Å²) in [6.07, 6.45) is 5.25. The fourth-order valence-electron chi connectivity index (χ4n) is 3.74. The average Bonchev–Trinajstić information content (AvgIpc) is 3.19. The molecule has 0 bridgehead atoms. The predicted octanol–water partition coefficient (Wildman–Crippen LogP) is 3.70. The number of nitrogens with zero attached hydrogens (tertiary/aromatic N) is 2. The molecule has 1 aliphatic carbocycles.